The molecule has 5 aromatic carbocycles. The van der Waals surface area contributed by atoms with Crippen LogP contribution in [0, 0.1) is 0 Å². The number of nitrogens with zero attached hydrogens (tertiary/aromatic N) is 1. The Balaban J connectivity index is 1.23. The SMILES string of the molecule is C=C1/C=C\C=C/N(c2ccccc2)C2C=C(c3cccc(-c4cccc(C(/C=C\Nc5ccccc5)=C/C(=C)c5ccccc5)c4)c3)C=C1C2. The second-order valence-electron chi connectivity index (χ2n) is 12.5. The molecule has 0 amide bonds. The highest BCUT2D eigenvalue weighted by Crippen LogP contribution is 2.36. The summed E-state index contributed by atoms with van der Waals surface area (Å²) in [6.07, 6.45) is 20.4. The van der Waals surface area contributed by atoms with Gasteiger partial charge in [-0.25, -0.2) is 0 Å². The third kappa shape index (κ3) is 7.67. The molecule has 1 N–H and O–H groups in total. The van der Waals surface area contributed by atoms with Crippen LogP contribution in [0.2, 0.25) is 0 Å². The van der Waals surface area contributed by atoms with Crippen LogP contribution in [0.3, 0.4) is 0 Å². The molecule has 0 radical (unpaired) electrons. The first-order valence-corrected chi connectivity index (χ1v) is 17.1. The normalized spacial score (nSPS) is 17.2. The van der Waals surface area contributed by atoms with Crippen LogP contribution in [-0.2, 0) is 0 Å². The van der Waals surface area contributed by atoms with Crippen LogP contribution in [-0.4, -0.2) is 6.04 Å². The number of fused-ring (bicyclic) bond motifs is 2. The van der Waals surface area contributed by atoms with Crippen LogP contribution in [0.1, 0.15) is 23.1 Å². The molecule has 2 bridgehead atoms. The molecular formula is C48H40N2. The standard InChI is InChI=1S/C48H40N2/c1-36-16-12-13-29-50(47-25-10-5-11-26-47)48-34-44(36)33-45(35-48)42-22-15-20-40(32-42)39-19-14-21-41(31-39)43(27-28-49-46-23-8-4-9-24-46)30-37(2)38-17-6-3-7-18-38/h3-33,35,48-49H,1-2,34H2/b16-12-,28-27-,29-13-,43-30+. The van der Waals surface area contributed by atoms with E-state index in [1.807, 2.05) is 42.6 Å². The molecule has 5 aromatic rings. The highest BCUT2D eigenvalue weighted by molar-refractivity contribution is 5.88. The first-order valence-electron chi connectivity index (χ1n) is 17.1. The molecule has 50 heavy (non-hydrogen) atoms. The average molecular weight is 645 g/mol. The highest BCUT2D eigenvalue weighted by Gasteiger charge is 2.23. The largest absolute Gasteiger partial charge is 0.362 e. The molecule has 0 aromatic heterocycles. The van der Waals surface area contributed by atoms with Crippen molar-refractivity contribution in [2.45, 2.75) is 12.5 Å². The lowest BCUT2D eigenvalue weighted by Crippen LogP contribution is -2.31. The van der Waals surface area contributed by atoms with E-state index in [1.54, 1.807) is 0 Å². The Morgan fingerprint density at radius 3 is 2.14 bits per heavy atom. The smallest absolute Gasteiger partial charge is 0.0565 e. The number of anilines is 2. The average Bonchev–Trinajstić information content (AvgIpc) is 3.23. The fraction of sp³-hybridized carbons (Fsp3) is 0.0417. The number of hydrogen-bond acceptors (Lipinski definition) is 2. The topological polar surface area (TPSA) is 15.3 Å². The van der Waals surface area contributed by atoms with Gasteiger partial charge in [-0.15, -0.1) is 0 Å². The fourth-order valence-electron chi connectivity index (χ4n) is 6.45. The molecule has 2 heteroatoms. The molecule has 1 aliphatic carbocycles. The van der Waals surface area contributed by atoms with Gasteiger partial charge in [0, 0.05) is 23.8 Å². The summed E-state index contributed by atoms with van der Waals surface area (Å²) in [6.45, 7) is 8.83. The zero-order valence-corrected chi connectivity index (χ0v) is 28.1. The zero-order valence-electron chi connectivity index (χ0n) is 28.1. The number of nitrogens with one attached hydrogen (secondary N) is 1. The van der Waals surface area contributed by atoms with E-state index < -0.39 is 0 Å². The lowest BCUT2D eigenvalue weighted by molar-refractivity contribution is 0.762. The van der Waals surface area contributed by atoms with Gasteiger partial charge in [0.05, 0.1) is 6.04 Å². The van der Waals surface area contributed by atoms with Gasteiger partial charge in [-0.2, -0.15) is 0 Å². The van der Waals surface area contributed by atoms with E-state index in [0.29, 0.717) is 0 Å². The minimum atomic E-state index is 0.161. The Bertz CT molecular complexity index is 2180. The van der Waals surface area contributed by atoms with Crippen molar-refractivity contribution in [3.8, 4) is 11.1 Å². The van der Waals surface area contributed by atoms with Gasteiger partial charge >= 0.3 is 0 Å². The van der Waals surface area contributed by atoms with Gasteiger partial charge in [0.2, 0.25) is 0 Å². The number of benzene rings is 5. The van der Waals surface area contributed by atoms with Crippen LogP contribution in [0.15, 0.2) is 219 Å². The van der Waals surface area contributed by atoms with Gasteiger partial charge in [0.25, 0.3) is 0 Å². The summed E-state index contributed by atoms with van der Waals surface area (Å²) >= 11 is 0. The molecule has 0 saturated carbocycles. The fourth-order valence-corrected chi connectivity index (χ4v) is 6.45. The highest BCUT2D eigenvalue weighted by atomic mass is 15.1. The van der Waals surface area contributed by atoms with E-state index in [-0.39, 0.29) is 6.04 Å². The van der Waals surface area contributed by atoms with Gasteiger partial charge in [-0.3, -0.25) is 0 Å². The first kappa shape index (κ1) is 32.2. The van der Waals surface area contributed by atoms with Gasteiger partial charge in [0.1, 0.15) is 0 Å². The summed E-state index contributed by atoms with van der Waals surface area (Å²) in [7, 11) is 0. The molecule has 0 spiro atoms. The second-order valence-corrected chi connectivity index (χ2v) is 12.5. The minimum absolute atomic E-state index is 0.161. The van der Waals surface area contributed by atoms with E-state index >= 15 is 0 Å². The van der Waals surface area contributed by atoms with E-state index in [4.69, 9.17) is 0 Å². The number of allylic oxidation sites excluding steroid dienone is 10. The molecule has 0 fully saturated rings. The molecule has 1 aliphatic heterocycles. The predicted octanol–water partition coefficient (Wildman–Crippen LogP) is 12.3. The number of para-hydroxylation sites is 2. The molecule has 242 valence electrons. The Hall–Kier alpha value is -6.38. The van der Waals surface area contributed by atoms with Crippen molar-refractivity contribution in [2.24, 2.45) is 0 Å². The quantitative estimate of drug-likeness (QED) is 0.161. The lowest BCUT2D eigenvalue weighted by atomic mass is 9.87. The molecule has 1 atom stereocenters. The van der Waals surface area contributed by atoms with Crippen LogP contribution >= 0.6 is 0 Å². The van der Waals surface area contributed by atoms with Gasteiger partial charge < -0.3 is 10.2 Å². The van der Waals surface area contributed by atoms with Crippen molar-refractivity contribution < 1.29 is 0 Å². The summed E-state index contributed by atoms with van der Waals surface area (Å²) in [5.74, 6) is 0. The summed E-state index contributed by atoms with van der Waals surface area (Å²) in [5.41, 5.74) is 13.5. The van der Waals surface area contributed by atoms with Crippen molar-refractivity contribution in [2.75, 3.05) is 10.2 Å². The maximum atomic E-state index is 4.42. The molecule has 2 aliphatic rings. The third-order valence-corrected chi connectivity index (χ3v) is 9.10. The van der Waals surface area contributed by atoms with Crippen LogP contribution in [0.5, 0.6) is 0 Å². The van der Waals surface area contributed by atoms with E-state index in [2.05, 4.69) is 175 Å². The maximum Gasteiger partial charge on any atom is 0.0565 e. The van der Waals surface area contributed by atoms with Gasteiger partial charge in [-0.1, -0.05) is 141 Å². The summed E-state index contributed by atoms with van der Waals surface area (Å²) in [4.78, 5) is 2.36. The second kappa shape index (κ2) is 15.2. The maximum absolute atomic E-state index is 4.42. The Labute approximate surface area is 296 Å². The van der Waals surface area contributed by atoms with Crippen molar-refractivity contribution in [1.82, 2.24) is 0 Å². The monoisotopic (exact) mass is 644 g/mol. The van der Waals surface area contributed by atoms with Crippen LogP contribution in [0.25, 0.3) is 27.8 Å². The first-order chi connectivity index (χ1) is 24.6. The summed E-state index contributed by atoms with van der Waals surface area (Å²) < 4.78 is 0. The molecule has 1 unspecified atom stereocenters. The summed E-state index contributed by atoms with van der Waals surface area (Å²) in [6, 6.07) is 48.9. The molecule has 2 nitrogen and oxygen atoms in total. The number of hydrogen-bond donors (Lipinski definition) is 1. The van der Waals surface area contributed by atoms with E-state index in [9.17, 15) is 0 Å². The molecule has 0 saturated heterocycles. The molecule has 7 rings (SSSR count). The predicted molar refractivity (Wildman–Crippen MR) is 215 cm³/mol. The molecular weight excluding hydrogens is 605 g/mol. The minimum Gasteiger partial charge on any atom is -0.362 e. The third-order valence-electron chi connectivity index (χ3n) is 9.10. The van der Waals surface area contributed by atoms with Crippen molar-refractivity contribution in [3.63, 3.8) is 0 Å². The Morgan fingerprint density at radius 1 is 0.700 bits per heavy atom. The van der Waals surface area contributed by atoms with Gasteiger partial charge in [0.15, 0.2) is 0 Å². The van der Waals surface area contributed by atoms with Crippen LogP contribution in [0.4, 0.5) is 11.4 Å². The molecule has 1 heterocycles. The summed E-state index contributed by atoms with van der Waals surface area (Å²) in [5, 5.41) is 3.41. The van der Waals surface area contributed by atoms with Crippen molar-refractivity contribution in [1.29, 1.82) is 0 Å². The lowest BCUT2D eigenvalue weighted by Gasteiger charge is -2.32. The van der Waals surface area contributed by atoms with Crippen molar-refractivity contribution in [3.05, 3.63) is 235 Å². The van der Waals surface area contributed by atoms with Crippen LogP contribution < -0.4 is 10.2 Å². The van der Waals surface area contributed by atoms with E-state index in [0.717, 1.165) is 51.1 Å². The van der Waals surface area contributed by atoms with Gasteiger partial charge in [-0.05, 0) is 117 Å². The Kier molecular flexibility index (Phi) is 9.80. The van der Waals surface area contributed by atoms with Crippen molar-refractivity contribution >= 4 is 28.1 Å². The zero-order chi connectivity index (χ0) is 34.1. The number of rotatable bonds is 9. The van der Waals surface area contributed by atoms with E-state index in [1.165, 1.54) is 22.4 Å². The Morgan fingerprint density at radius 2 is 1.36 bits per heavy atom.